The average molecular weight is 292 g/mol. The molecule has 1 aromatic rings. The van der Waals surface area contributed by atoms with Crippen molar-refractivity contribution >= 4 is 5.91 Å². The van der Waals surface area contributed by atoms with Crippen molar-refractivity contribution in [2.24, 2.45) is 5.92 Å². The van der Waals surface area contributed by atoms with Gasteiger partial charge in [0.15, 0.2) is 0 Å². The number of benzene rings is 1. The molecule has 0 aromatic heterocycles. The maximum Gasteiger partial charge on any atom is 0.263 e. The molecule has 1 aromatic carbocycles. The van der Waals surface area contributed by atoms with Gasteiger partial charge in [0, 0.05) is 11.1 Å². The fourth-order valence-electron chi connectivity index (χ4n) is 2.73. The number of halogens is 2. The van der Waals surface area contributed by atoms with Gasteiger partial charge >= 0.3 is 0 Å². The fraction of sp³-hybridized carbons (Fsp3) is 0.500. The van der Waals surface area contributed by atoms with E-state index in [2.05, 4.69) is 11.4 Å². The van der Waals surface area contributed by atoms with Crippen LogP contribution >= 0.6 is 0 Å². The predicted octanol–water partition coefficient (Wildman–Crippen LogP) is 3.83. The molecule has 0 bridgehead atoms. The molecule has 0 radical (unpaired) electrons. The molecule has 2 rings (SSSR count). The van der Waals surface area contributed by atoms with Gasteiger partial charge in [0.25, 0.3) is 12.3 Å². The van der Waals surface area contributed by atoms with Crippen LogP contribution in [0.2, 0.25) is 0 Å². The topological polar surface area (TPSA) is 52.9 Å². The predicted molar refractivity (Wildman–Crippen MR) is 74.8 cm³/mol. The van der Waals surface area contributed by atoms with Crippen molar-refractivity contribution in [3.05, 3.63) is 35.4 Å². The van der Waals surface area contributed by atoms with Gasteiger partial charge in [0.2, 0.25) is 0 Å². The Morgan fingerprint density at radius 3 is 2.33 bits per heavy atom. The Balaban J connectivity index is 2.00. The number of carbonyl (C=O) groups is 1. The number of rotatable bonds is 4. The lowest BCUT2D eigenvalue weighted by Gasteiger charge is -2.26. The number of nitrogens with one attached hydrogen (secondary N) is 1. The summed E-state index contributed by atoms with van der Waals surface area (Å²) in [6.07, 6.45) is 2.70. The van der Waals surface area contributed by atoms with Crippen molar-refractivity contribution in [3.8, 4) is 6.07 Å². The molecular weight excluding hydrogens is 274 g/mol. The Morgan fingerprint density at radius 1 is 1.19 bits per heavy atom. The van der Waals surface area contributed by atoms with Crippen LogP contribution in [-0.2, 0) is 0 Å². The lowest BCUT2D eigenvalue weighted by Crippen LogP contribution is -2.40. The molecule has 21 heavy (non-hydrogen) atoms. The number of hydrogen-bond acceptors (Lipinski definition) is 2. The molecule has 0 spiro atoms. The van der Waals surface area contributed by atoms with Crippen LogP contribution in [-0.4, -0.2) is 11.9 Å². The van der Waals surface area contributed by atoms with E-state index in [0.717, 1.165) is 25.7 Å². The Bertz CT molecular complexity index is 516. The second-order valence-corrected chi connectivity index (χ2v) is 5.40. The molecule has 1 unspecified atom stereocenters. The summed E-state index contributed by atoms with van der Waals surface area (Å²) in [4.78, 5) is 12.1. The number of nitrogens with zero attached hydrogens (tertiary/aromatic N) is 1. The zero-order valence-electron chi connectivity index (χ0n) is 11.7. The van der Waals surface area contributed by atoms with Gasteiger partial charge < -0.3 is 5.32 Å². The van der Waals surface area contributed by atoms with Crippen molar-refractivity contribution in [1.82, 2.24) is 5.32 Å². The summed E-state index contributed by atoms with van der Waals surface area (Å²) in [6.45, 7) is 0. The fourth-order valence-corrected chi connectivity index (χ4v) is 2.73. The molecule has 1 amide bonds. The maximum absolute atomic E-state index is 12.5. The smallest absolute Gasteiger partial charge is 0.263 e. The molecule has 1 saturated carbocycles. The van der Waals surface area contributed by atoms with E-state index in [1.165, 1.54) is 30.7 Å². The van der Waals surface area contributed by atoms with Crippen molar-refractivity contribution in [2.45, 2.75) is 44.6 Å². The summed E-state index contributed by atoms with van der Waals surface area (Å²) in [5.74, 6) is -0.194. The van der Waals surface area contributed by atoms with E-state index in [-0.39, 0.29) is 17.4 Å². The zero-order valence-corrected chi connectivity index (χ0v) is 11.7. The van der Waals surface area contributed by atoms with Gasteiger partial charge in [-0.05, 0) is 30.9 Å². The van der Waals surface area contributed by atoms with Crippen LogP contribution in [0.5, 0.6) is 0 Å². The SMILES string of the molecule is N#CC(NC(=O)c1ccc(C(F)F)cc1)C1CCCCC1. The monoisotopic (exact) mass is 292 g/mol. The summed E-state index contributed by atoms with van der Waals surface area (Å²) in [6, 6.07) is 6.85. The standard InChI is InChI=1S/C16H18F2N2O/c17-15(18)12-6-8-13(9-7-12)16(21)20-14(10-19)11-4-2-1-3-5-11/h6-9,11,14-15H,1-5H2,(H,20,21). The minimum Gasteiger partial charge on any atom is -0.336 e. The average Bonchev–Trinajstić information content (AvgIpc) is 2.53. The molecule has 5 heteroatoms. The molecule has 1 aliphatic rings. The van der Waals surface area contributed by atoms with Crippen LogP contribution in [0.15, 0.2) is 24.3 Å². The summed E-state index contributed by atoms with van der Waals surface area (Å²) < 4.78 is 24.9. The summed E-state index contributed by atoms with van der Waals surface area (Å²) in [7, 11) is 0. The van der Waals surface area contributed by atoms with Gasteiger partial charge in [0.05, 0.1) is 6.07 Å². The second-order valence-electron chi connectivity index (χ2n) is 5.40. The Labute approximate surface area is 123 Å². The third-order valence-corrected chi connectivity index (χ3v) is 3.97. The minimum atomic E-state index is -2.55. The van der Waals surface area contributed by atoms with Crippen LogP contribution in [0, 0.1) is 17.2 Å². The number of carbonyl (C=O) groups excluding carboxylic acids is 1. The van der Waals surface area contributed by atoms with E-state index in [1.807, 2.05) is 0 Å². The zero-order chi connectivity index (χ0) is 15.2. The maximum atomic E-state index is 12.5. The summed E-state index contributed by atoms with van der Waals surface area (Å²) in [5.41, 5.74) is 0.186. The molecule has 1 N–H and O–H groups in total. The Morgan fingerprint density at radius 2 is 1.81 bits per heavy atom. The molecule has 1 aliphatic carbocycles. The quantitative estimate of drug-likeness (QED) is 0.917. The van der Waals surface area contributed by atoms with Gasteiger partial charge in [-0.3, -0.25) is 4.79 Å². The van der Waals surface area contributed by atoms with Gasteiger partial charge in [0.1, 0.15) is 6.04 Å². The van der Waals surface area contributed by atoms with Crippen LogP contribution < -0.4 is 5.32 Å². The van der Waals surface area contributed by atoms with Crippen LogP contribution in [0.1, 0.15) is 54.5 Å². The highest BCUT2D eigenvalue weighted by atomic mass is 19.3. The van der Waals surface area contributed by atoms with Gasteiger partial charge in [-0.2, -0.15) is 5.26 Å². The second kappa shape index (κ2) is 7.16. The lowest BCUT2D eigenvalue weighted by atomic mass is 9.84. The van der Waals surface area contributed by atoms with E-state index in [1.54, 1.807) is 0 Å². The molecule has 1 atom stereocenters. The number of hydrogen-bond donors (Lipinski definition) is 1. The van der Waals surface area contributed by atoms with E-state index >= 15 is 0 Å². The van der Waals surface area contributed by atoms with Gasteiger partial charge in [-0.1, -0.05) is 31.4 Å². The minimum absolute atomic E-state index is 0.115. The first kappa shape index (κ1) is 15.4. The molecule has 0 heterocycles. The molecule has 3 nitrogen and oxygen atoms in total. The van der Waals surface area contributed by atoms with Crippen molar-refractivity contribution in [2.75, 3.05) is 0 Å². The Hall–Kier alpha value is -1.96. The van der Waals surface area contributed by atoms with E-state index < -0.39 is 12.5 Å². The Kier molecular flexibility index (Phi) is 5.26. The molecule has 1 fully saturated rings. The molecular formula is C16H18F2N2O. The third kappa shape index (κ3) is 4.01. The highest BCUT2D eigenvalue weighted by Crippen LogP contribution is 2.26. The first-order valence-electron chi connectivity index (χ1n) is 7.20. The number of amides is 1. The van der Waals surface area contributed by atoms with E-state index in [4.69, 9.17) is 0 Å². The first-order chi connectivity index (χ1) is 10.1. The molecule has 112 valence electrons. The largest absolute Gasteiger partial charge is 0.336 e. The van der Waals surface area contributed by atoms with Crippen LogP contribution in [0.25, 0.3) is 0 Å². The van der Waals surface area contributed by atoms with Gasteiger partial charge in [-0.15, -0.1) is 0 Å². The van der Waals surface area contributed by atoms with Crippen LogP contribution in [0.3, 0.4) is 0 Å². The summed E-state index contributed by atoms with van der Waals surface area (Å²) >= 11 is 0. The number of alkyl halides is 2. The van der Waals surface area contributed by atoms with E-state index in [0.29, 0.717) is 5.56 Å². The van der Waals surface area contributed by atoms with E-state index in [9.17, 15) is 18.8 Å². The third-order valence-electron chi connectivity index (χ3n) is 3.97. The van der Waals surface area contributed by atoms with Crippen molar-refractivity contribution < 1.29 is 13.6 Å². The highest BCUT2D eigenvalue weighted by Gasteiger charge is 2.25. The molecule has 0 aliphatic heterocycles. The number of nitriles is 1. The summed E-state index contributed by atoms with van der Waals surface area (Å²) in [5, 5.41) is 11.9. The highest BCUT2D eigenvalue weighted by molar-refractivity contribution is 5.94. The van der Waals surface area contributed by atoms with Crippen LogP contribution in [0.4, 0.5) is 8.78 Å². The lowest BCUT2D eigenvalue weighted by molar-refractivity contribution is 0.0928. The van der Waals surface area contributed by atoms with Crippen molar-refractivity contribution in [3.63, 3.8) is 0 Å². The van der Waals surface area contributed by atoms with Crippen molar-refractivity contribution in [1.29, 1.82) is 5.26 Å². The molecule has 0 saturated heterocycles. The normalized spacial score (nSPS) is 17.2. The first-order valence-corrected chi connectivity index (χ1v) is 7.20. The van der Waals surface area contributed by atoms with Gasteiger partial charge in [-0.25, -0.2) is 8.78 Å².